The summed E-state index contributed by atoms with van der Waals surface area (Å²) in [5.74, 6) is 0. The molecule has 0 radical (unpaired) electrons. The van der Waals surface area contributed by atoms with Gasteiger partial charge in [-0.2, -0.15) is 0 Å². The van der Waals surface area contributed by atoms with E-state index in [0.29, 0.717) is 0 Å². The van der Waals surface area contributed by atoms with Crippen molar-refractivity contribution in [3.63, 3.8) is 0 Å². The van der Waals surface area contributed by atoms with E-state index in [2.05, 4.69) is 0 Å². The van der Waals surface area contributed by atoms with Crippen molar-refractivity contribution >= 4 is 16.9 Å². The largest absolute Gasteiger partial charge is 0.325 e. The van der Waals surface area contributed by atoms with Gasteiger partial charge in [-0.3, -0.25) is 4.79 Å². The third kappa shape index (κ3) is 5.59. The Kier molecular flexibility index (Phi) is 4.44. The van der Waals surface area contributed by atoms with Crippen LogP contribution in [0.15, 0.2) is 12.2 Å². The maximum Gasteiger partial charge on any atom is 0.211 e. The van der Waals surface area contributed by atoms with Gasteiger partial charge < -0.3 is 5.73 Å². The summed E-state index contributed by atoms with van der Waals surface area (Å²) in [5.41, 5.74) is 5.35. The molecule has 0 aliphatic rings. The van der Waals surface area contributed by atoms with Crippen molar-refractivity contribution in [2.24, 2.45) is 5.73 Å². The van der Waals surface area contributed by atoms with Crippen LogP contribution in [0.1, 0.15) is 6.92 Å². The Morgan fingerprint density at radius 2 is 2.33 bits per heavy atom. The Balaban J connectivity index is 3.57. The molecule has 0 aliphatic carbocycles. The molecule has 0 fully saturated rings. The van der Waals surface area contributed by atoms with E-state index in [9.17, 15) is 4.79 Å². The molecule has 0 saturated carbocycles. The molecular formula is C6H11NOS. The summed E-state index contributed by atoms with van der Waals surface area (Å²) < 4.78 is 0. The molecule has 0 aromatic carbocycles. The van der Waals surface area contributed by atoms with Crippen LogP contribution in [-0.2, 0) is 4.79 Å². The molecule has 52 valence electrons. The standard InChI is InChI=1S/C6H11NOS/c1-5(7)3-4-6(8)9-2/h3-5H,7H2,1-2H3/b4-3+. The number of nitrogens with two attached hydrogens (primary N) is 1. The number of carbonyl (C=O) groups excluding carboxylic acids is 1. The summed E-state index contributed by atoms with van der Waals surface area (Å²) in [4.78, 5) is 10.5. The third-order valence-electron chi connectivity index (χ3n) is 0.737. The minimum atomic E-state index is -0.0268. The predicted octanol–water partition coefficient (Wildman–Crippen LogP) is 0.779. The molecule has 3 heteroatoms. The van der Waals surface area contributed by atoms with E-state index < -0.39 is 0 Å². The number of hydrogen-bond donors (Lipinski definition) is 1. The number of rotatable bonds is 2. The van der Waals surface area contributed by atoms with Crippen molar-refractivity contribution in [2.45, 2.75) is 13.0 Å². The minimum absolute atomic E-state index is 0.0268. The van der Waals surface area contributed by atoms with Crippen molar-refractivity contribution in [1.29, 1.82) is 0 Å². The molecule has 2 nitrogen and oxygen atoms in total. The van der Waals surface area contributed by atoms with Gasteiger partial charge in [0.05, 0.1) is 0 Å². The summed E-state index contributed by atoms with van der Waals surface area (Å²) in [6.07, 6.45) is 4.92. The van der Waals surface area contributed by atoms with Gasteiger partial charge in [0, 0.05) is 6.04 Å². The van der Waals surface area contributed by atoms with E-state index >= 15 is 0 Å². The lowest BCUT2D eigenvalue weighted by atomic mass is 10.3. The van der Waals surface area contributed by atoms with E-state index in [-0.39, 0.29) is 11.2 Å². The zero-order valence-corrected chi connectivity index (χ0v) is 6.44. The normalized spacial score (nSPS) is 14.1. The number of hydrogen-bond acceptors (Lipinski definition) is 3. The fourth-order valence-electron chi connectivity index (χ4n) is 0.298. The number of carbonyl (C=O) groups is 1. The molecule has 0 saturated heterocycles. The first-order valence-electron chi connectivity index (χ1n) is 2.68. The van der Waals surface area contributed by atoms with Crippen LogP contribution in [0, 0.1) is 0 Å². The first-order chi connectivity index (χ1) is 4.16. The van der Waals surface area contributed by atoms with Gasteiger partial charge in [-0.15, -0.1) is 0 Å². The second kappa shape index (κ2) is 4.58. The summed E-state index contributed by atoms with van der Waals surface area (Å²) in [6.45, 7) is 1.82. The van der Waals surface area contributed by atoms with Gasteiger partial charge in [-0.1, -0.05) is 17.8 Å². The molecule has 0 aliphatic heterocycles. The second-order valence-corrected chi connectivity index (χ2v) is 2.55. The van der Waals surface area contributed by atoms with E-state index in [1.165, 1.54) is 17.8 Å². The van der Waals surface area contributed by atoms with Crippen molar-refractivity contribution < 1.29 is 4.79 Å². The summed E-state index contributed by atoms with van der Waals surface area (Å²) >= 11 is 1.19. The Morgan fingerprint density at radius 1 is 1.78 bits per heavy atom. The Labute approximate surface area is 59.5 Å². The summed E-state index contributed by atoms with van der Waals surface area (Å²) in [7, 11) is 0. The highest BCUT2D eigenvalue weighted by Crippen LogP contribution is 1.95. The van der Waals surface area contributed by atoms with Gasteiger partial charge in [-0.05, 0) is 19.3 Å². The van der Waals surface area contributed by atoms with Gasteiger partial charge in [0.25, 0.3) is 0 Å². The highest BCUT2D eigenvalue weighted by atomic mass is 32.2. The van der Waals surface area contributed by atoms with Crippen molar-refractivity contribution in [1.82, 2.24) is 0 Å². The molecule has 0 bridgehead atoms. The van der Waals surface area contributed by atoms with Crippen LogP contribution >= 0.6 is 11.8 Å². The van der Waals surface area contributed by atoms with Gasteiger partial charge in [0.2, 0.25) is 5.12 Å². The topological polar surface area (TPSA) is 43.1 Å². The summed E-state index contributed by atoms with van der Waals surface area (Å²) in [5, 5.41) is 0.0484. The molecule has 2 N–H and O–H groups in total. The van der Waals surface area contributed by atoms with Crippen LogP contribution in [0.25, 0.3) is 0 Å². The lowest BCUT2D eigenvalue weighted by molar-refractivity contribution is -0.107. The molecule has 0 aromatic rings. The molecule has 0 spiro atoms. The van der Waals surface area contributed by atoms with Crippen LogP contribution in [-0.4, -0.2) is 17.4 Å². The summed E-state index contributed by atoms with van der Waals surface area (Å²) in [6, 6.07) is -0.0268. The fourth-order valence-corrected chi connectivity index (χ4v) is 0.513. The molecule has 0 heterocycles. The monoisotopic (exact) mass is 145 g/mol. The SMILES string of the molecule is CSC(=O)/C=C/C(C)N. The van der Waals surface area contributed by atoms with Crippen LogP contribution in [0.5, 0.6) is 0 Å². The van der Waals surface area contributed by atoms with Crippen molar-refractivity contribution in [2.75, 3.05) is 6.26 Å². The van der Waals surface area contributed by atoms with Gasteiger partial charge in [-0.25, -0.2) is 0 Å². The highest BCUT2D eigenvalue weighted by molar-refractivity contribution is 8.13. The molecule has 0 rings (SSSR count). The van der Waals surface area contributed by atoms with Gasteiger partial charge in [0.1, 0.15) is 0 Å². The fraction of sp³-hybridized carbons (Fsp3) is 0.500. The van der Waals surface area contributed by atoms with Crippen LogP contribution < -0.4 is 5.73 Å². The lowest BCUT2D eigenvalue weighted by Crippen LogP contribution is -2.10. The Hall–Kier alpha value is -0.280. The van der Waals surface area contributed by atoms with E-state index in [1.54, 1.807) is 12.3 Å². The zero-order chi connectivity index (χ0) is 7.28. The quantitative estimate of drug-likeness (QED) is 0.584. The van der Waals surface area contributed by atoms with Gasteiger partial charge >= 0.3 is 0 Å². The first kappa shape index (κ1) is 8.72. The molecule has 0 amide bonds. The maximum atomic E-state index is 10.5. The molecular weight excluding hydrogens is 134 g/mol. The van der Waals surface area contributed by atoms with Crippen LogP contribution in [0.2, 0.25) is 0 Å². The molecule has 1 unspecified atom stereocenters. The molecule has 0 aromatic heterocycles. The van der Waals surface area contributed by atoms with Crippen molar-refractivity contribution in [3.8, 4) is 0 Å². The Bertz CT molecular complexity index is 120. The minimum Gasteiger partial charge on any atom is -0.325 e. The maximum absolute atomic E-state index is 10.5. The van der Waals surface area contributed by atoms with Crippen LogP contribution in [0.4, 0.5) is 0 Å². The average Bonchev–Trinajstić information content (AvgIpc) is 1.83. The van der Waals surface area contributed by atoms with Gasteiger partial charge in [0.15, 0.2) is 0 Å². The lowest BCUT2D eigenvalue weighted by Gasteiger charge is -1.91. The van der Waals surface area contributed by atoms with E-state index in [1.807, 2.05) is 6.92 Å². The third-order valence-corrected chi connectivity index (χ3v) is 1.28. The smallest absolute Gasteiger partial charge is 0.211 e. The average molecular weight is 145 g/mol. The predicted molar refractivity (Wildman–Crippen MR) is 41.3 cm³/mol. The first-order valence-corrected chi connectivity index (χ1v) is 3.91. The molecule has 9 heavy (non-hydrogen) atoms. The molecule has 1 atom stereocenters. The highest BCUT2D eigenvalue weighted by Gasteiger charge is 1.90. The van der Waals surface area contributed by atoms with E-state index in [0.717, 1.165) is 0 Å². The Morgan fingerprint density at radius 3 is 2.67 bits per heavy atom. The van der Waals surface area contributed by atoms with Crippen molar-refractivity contribution in [3.05, 3.63) is 12.2 Å². The zero-order valence-electron chi connectivity index (χ0n) is 5.63. The van der Waals surface area contributed by atoms with Crippen LogP contribution in [0.3, 0.4) is 0 Å². The van der Waals surface area contributed by atoms with E-state index in [4.69, 9.17) is 5.73 Å². The number of thioether (sulfide) groups is 1. The second-order valence-electron chi connectivity index (χ2n) is 1.74.